The van der Waals surface area contributed by atoms with Gasteiger partial charge in [0.1, 0.15) is 0 Å². The van der Waals surface area contributed by atoms with Gasteiger partial charge in [-0.05, 0) is 32.1 Å². The normalized spacial score (nSPS) is 27.2. The summed E-state index contributed by atoms with van der Waals surface area (Å²) in [5, 5.41) is 8.88. The predicted molar refractivity (Wildman–Crippen MR) is 52.7 cm³/mol. The maximum atomic E-state index is 11.6. The first-order valence-electron chi connectivity index (χ1n) is 5.53. The smallest absolute Gasteiger partial charge is 0.324 e. The van der Waals surface area contributed by atoms with Gasteiger partial charge in [-0.25, -0.2) is 0 Å². The highest BCUT2D eigenvalue weighted by Gasteiger charge is 2.59. The summed E-state index contributed by atoms with van der Waals surface area (Å²) in [6, 6.07) is 0. The van der Waals surface area contributed by atoms with Crippen LogP contribution in [0.3, 0.4) is 0 Å². The third-order valence-corrected chi connectivity index (χ3v) is 3.30. The summed E-state index contributed by atoms with van der Waals surface area (Å²) < 4.78 is 5.02. The van der Waals surface area contributed by atoms with E-state index in [4.69, 9.17) is 9.84 Å². The van der Waals surface area contributed by atoms with Crippen LogP contribution in [0.2, 0.25) is 0 Å². The van der Waals surface area contributed by atoms with E-state index in [9.17, 15) is 14.4 Å². The van der Waals surface area contributed by atoms with Crippen molar-refractivity contribution in [3.8, 4) is 0 Å². The fraction of sp³-hybridized carbons (Fsp3) is 0.727. The topological polar surface area (TPSA) is 80.7 Å². The Morgan fingerprint density at radius 3 is 2.50 bits per heavy atom. The Balaban J connectivity index is 1.97. The minimum Gasteiger partial charge on any atom is -0.480 e. The first kappa shape index (κ1) is 11.1. The largest absolute Gasteiger partial charge is 0.480 e. The Morgan fingerprint density at radius 2 is 2.00 bits per heavy atom. The Kier molecular flexibility index (Phi) is 2.69. The van der Waals surface area contributed by atoms with Crippen molar-refractivity contribution in [1.82, 2.24) is 0 Å². The molecule has 0 spiro atoms. The highest BCUT2D eigenvalue weighted by molar-refractivity contribution is 6.03. The molecule has 0 aromatic rings. The van der Waals surface area contributed by atoms with Gasteiger partial charge in [0.05, 0.1) is 0 Å². The van der Waals surface area contributed by atoms with Crippen LogP contribution < -0.4 is 0 Å². The van der Waals surface area contributed by atoms with E-state index in [0.717, 1.165) is 12.8 Å². The van der Waals surface area contributed by atoms with Crippen molar-refractivity contribution in [3.63, 3.8) is 0 Å². The maximum absolute atomic E-state index is 11.6. The highest BCUT2D eigenvalue weighted by Crippen LogP contribution is 2.47. The summed E-state index contributed by atoms with van der Waals surface area (Å²) in [6.45, 7) is 0. The van der Waals surface area contributed by atoms with Gasteiger partial charge in [-0.3, -0.25) is 14.4 Å². The number of hydrogen-bond donors (Lipinski definition) is 1. The average Bonchev–Trinajstić information content (AvgIpc) is 3.02. The third kappa shape index (κ3) is 1.81. The number of ether oxygens (including phenoxy) is 1. The van der Waals surface area contributed by atoms with Crippen LogP contribution in [0.25, 0.3) is 0 Å². The molecule has 0 heterocycles. The van der Waals surface area contributed by atoms with Crippen LogP contribution in [-0.4, -0.2) is 28.9 Å². The van der Waals surface area contributed by atoms with Crippen LogP contribution in [0.4, 0.5) is 0 Å². The third-order valence-electron chi connectivity index (χ3n) is 3.30. The van der Waals surface area contributed by atoms with Crippen molar-refractivity contribution in [2.75, 3.05) is 0 Å². The fourth-order valence-corrected chi connectivity index (χ4v) is 1.95. The zero-order chi connectivity index (χ0) is 11.8. The summed E-state index contributed by atoms with van der Waals surface area (Å²) >= 11 is 0. The summed E-state index contributed by atoms with van der Waals surface area (Å²) in [5.74, 6) is -1.96. The van der Waals surface area contributed by atoms with Gasteiger partial charge in [0.2, 0.25) is 0 Å². The minimum absolute atomic E-state index is 0.0826. The molecule has 2 fully saturated rings. The molecule has 2 aliphatic rings. The Hall–Kier alpha value is -1.39. The van der Waals surface area contributed by atoms with Crippen LogP contribution in [0.1, 0.15) is 38.5 Å². The molecule has 0 aliphatic heterocycles. The lowest BCUT2D eigenvalue weighted by molar-refractivity contribution is -0.168. The molecule has 5 heteroatoms. The average molecular weight is 226 g/mol. The van der Waals surface area contributed by atoms with E-state index in [0.29, 0.717) is 25.7 Å². The van der Waals surface area contributed by atoms with Crippen LogP contribution in [0.15, 0.2) is 0 Å². The number of carboxylic acids is 1. The molecule has 0 aromatic carbocycles. The number of hydrogen-bond acceptors (Lipinski definition) is 4. The van der Waals surface area contributed by atoms with Gasteiger partial charge in [0.25, 0.3) is 0 Å². The molecule has 5 nitrogen and oxygen atoms in total. The SMILES string of the molecule is O=C1CCCCC1OC(=O)C1(C(=O)O)CC1. The maximum Gasteiger partial charge on any atom is 0.324 e. The van der Waals surface area contributed by atoms with Crippen LogP contribution in [-0.2, 0) is 19.1 Å². The second-order valence-corrected chi connectivity index (χ2v) is 4.49. The number of Topliss-reactive ketones (excluding diaryl/α,β-unsaturated/α-hetero) is 1. The number of carbonyl (C=O) groups excluding carboxylic acids is 2. The van der Waals surface area contributed by atoms with Gasteiger partial charge in [-0.1, -0.05) is 0 Å². The van der Waals surface area contributed by atoms with Crippen molar-refractivity contribution in [1.29, 1.82) is 0 Å². The molecule has 88 valence electrons. The molecule has 0 radical (unpaired) electrons. The minimum atomic E-state index is -1.35. The predicted octanol–water partition coefficient (Wildman–Crippen LogP) is 0.906. The van der Waals surface area contributed by atoms with Gasteiger partial charge in [0.15, 0.2) is 17.3 Å². The lowest BCUT2D eigenvalue weighted by atomic mass is 9.96. The molecule has 1 unspecified atom stereocenters. The molecule has 0 amide bonds. The van der Waals surface area contributed by atoms with Crippen molar-refractivity contribution in [2.45, 2.75) is 44.6 Å². The van der Waals surface area contributed by atoms with E-state index in [-0.39, 0.29) is 5.78 Å². The fourth-order valence-electron chi connectivity index (χ4n) is 1.95. The molecular weight excluding hydrogens is 212 g/mol. The number of ketones is 1. The molecule has 2 rings (SSSR count). The molecule has 1 N–H and O–H groups in total. The van der Waals surface area contributed by atoms with Crippen molar-refractivity contribution < 1.29 is 24.2 Å². The zero-order valence-electron chi connectivity index (χ0n) is 8.90. The number of esters is 1. The van der Waals surface area contributed by atoms with Gasteiger partial charge in [0, 0.05) is 6.42 Å². The van der Waals surface area contributed by atoms with Crippen LogP contribution >= 0.6 is 0 Å². The van der Waals surface area contributed by atoms with Crippen molar-refractivity contribution >= 4 is 17.7 Å². The number of carboxylic acid groups (broad SMARTS) is 1. The first-order valence-corrected chi connectivity index (χ1v) is 5.53. The summed E-state index contributed by atoms with van der Waals surface area (Å²) in [5.41, 5.74) is -1.35. The molecular formula is C11H14O5. The number of carbonyl (C=O) groups is 3. The molecule has 2 saturated carbocycles. The highest BCUT2D eigenvalue weighted by atomic mass is 16.6. The van der Waals surface area contributed by atoms with Gasteiger partial charge in [-0.15, -0.1) is 0 Å². The summed E-state index contributed by atoms with van der Waals surface area (Å²) in [4.78, 5) is 33.9. The lowest BCUT2D eigenvalue weighted by Gasteiger charge is -2.22. The standard InChI is InChI=1S/C11H14O5/c12-7-3-1-2-4-8(7)16-10(15)11(5-6-11)9(13)14/h8H,1-6H2,(H,13,14). The Labute approximate surface area is 92.8 Å². The summed E-state index contributed by atoms with van der Waals surface area (Å²) in [6.07, 6.45) is 2.57. The van der Waals surface area contributed by atoms with E-state index < -0.39 is 23.5 Å². The molecule has 1 atom stereocenters. The first-order chi connectivity index (χ1) is 7.56. The molecule has 0 bridgehead atoms. The van der Waals surface area contributed by atoms with Gasteiger partial charge < -0.3 is 9.84 Å². The van der Waals surface area contributed by atoms with Crippen molar-refractivity contribution in [2.24, 2.45) is 5.41 Å². The van der Waals surface area contributed by atoms with Crippen LogP contribution in [0, 0.1) is 5.41 Å². The summed E-state index contributed by atoms with van der Waals surface area (Å²) in [7, 11) is 0. The molecule has 16 heavy (non-hydrogen) atoms. The van der Waals surface area contributed by atoms with Gasteiger partial charge >= 0.3 is 11.9 Å². The quantitative estimate of drug-likeness (QED) is 0.571. The zero-order valence-corrected chi connectivity index (χ0v) is 8.90. The second kappa shape index (κ2) is 3.88. The Morgan fingerprint density at radius 1 is 1.31 bits per heavy atom. The lowest BCUT2D eigenvalue weighted by Crippen LogP contribution is -2.36. The number of aliphatic carboxylic acids is 1. The van der Waals surface area contributed by atoms with E-state index in [1.165, 1.54) is 0 Å². The molecule has 2 aliphatic carbocycles. The monoisotopic (exact) mass is 226 g/mol. The molecule has 0 saturated heterocycles. The van der Waals surface area contributed by atoms with E-state index in [2.05, 4.69) is 0 Å². The van der Waals surface area contributed by atoms with Crippen molar-refractivity contribution in [3.05, 3.63) is 0 Å². The van der Waals surface area contributed by atoms with E-state index >= 15 is 0 Å². The van der Waals surface area contributed by atoms with E-state index in [1.807, 2.05) is 0 Å². The van der Waals surface area contributed by atoms with E-state index in [1.54, 1.807) is 0 Å². The Bertz CT molecular complexity index is 342. The number of rotatable bonds is 3. The molecule has 0 aromatic heterocycles. The van der Waals surface area contributed by atoms with Gasteiger partial charge in [-0.2, -0.15) is 0 Å². The van der Waals surface area contributed by atoms with Crippen LogP contribution in [0.5, 0.6) is 0 Å². The second-order valence-electron chi connectivity index (χ2n) is 4.49.